The summed E-state index contributed by atoms with van der Waals surface area (Å²) in [4.78, 5) is 14.5. The second kappa shape index (κ2) is 3.77. The lowest BCUT2D eigenvalue weighted by Crippen LogP contribution is -2.06. The third-order valence-corrected chi connectivity index (χ3v) is 2.26. The van der Waals surface area contributed by atoms with E-state index in [-0.39, 0.29) is 17.3 Å². The molecule has 0 unspecified atom stereocenters. The maximum absolute atomic E-state index is 10.7. The molecule has 0 saturated carbocycles. The Hall–Kier alpha value is -1.05. The van der Waals surface area contributed by atoms with Crippen LogP contribution < -0.4 is 10.5 Å². The third-order valence-electron chi connectivity index (χ3n) is 1.39. The number of nitrogen functional groups attached to an aromatic ring is 1. The molecule has 0 aliphatic heterocycles. The van der Waals surface area contributed by atoms with Gasteiger partial charge in [-0.1, -0.05) is 0 Å². The summed E-state index contributed by atoms with van der Waals surface area (Å²) < 4.78 is 5.36. The Morgan fingerprint density at radius 3 is 2.85 bits per heavy atom. The van der Waals surface area contributed by atoms with Gasteiger partial charge in [-0.25, -0.2) is 4.79 Å². The number of halogens is 1. The number of anilines is 1. The van der Waals surface area contributed by atoms with Gasteiger partial charge in [-0.05, 0) is 28.7 Å². The number of nitrogens with two attached hydrogens (primary N) is 1. The molecule has 0 bridgehead atoms. The zero-order valence-electron chi connectivity index (χ0n) is 6.74. The first-order valence-corrected chi connectivity index (χ1v) is 4.37. The van der Waals surface area contributed by atoms with E-state index in [0.29, 0.717) is 3.57 Å². The number of aromatic carboxylic acids is 1. The summed E-state index contributed by atoms with van der Waals surface area (Å²) >= 11 is 1.91. The molecule has 3 N–H and O–H groups in total. The number of hydrogen-bond donors (Lipinski definition) is 2. The summed E-state index contributed by atoms with van der Waals surface area (Å²) in [7, 11) is 1.35. The largest absolute Gasteiger partial charge is 0.480 e. The van der Waals surface area contributed by atoms with E-state index in [1.807, 2.05) is 22.6 Å². The van der Waals surface area contributed by atoms with E-state index >= 15 is 0 Å². The summed E-state index contributed by atoms with van der Waals surface area (Å²) in [5.74, 6) is -0.782. The molecule has 5 nitrogen and oxygen atoms in total. The van der Waals surface area contributed by atoms with Crippen LogP contribution in [0.25, 0.3) is 0 Å². The number of carbonyl (C=O) groups is 1. The molecule has 70 valence electrons. The zero-order chi connectivity index (χ0) is 10.0. The molecule has 13 heavy (non-hydrogen) atoms. The topological polar surface area (TPSA) is 85.4 Å². The van der Waals surface area contributed by atoms with Gasteiger partial charge >= 0.3 is 5.97 Å². The monoisotopic (exact) mass is 294 g/mol. The molecule has 1 aromatic heterocycles. The van der Waals surface area contributed by atoms with Crippen LogP contribution in [0.5, 0.6) is 5.88 Å². The quantitative estimate of drug-likeness (QED) is 0.794. The van der Waals surface area contributed by atoms with Gasteiger partial charge in [-0.15, -0.1) is 0 Å². The van der Waals surface area contributed by atoms with E-state index < -0.39 is 5.97 Å². The van der Waals surface area contributed by atoms with Crippen molar-refractivity contribution in [1.29, 1.82) is 0 Å². The highest BCUT2D eigenvalue weighted by molar-refractivity contribution is 14.1. The normalized spacial score (nSPS) is 9.69. The van der Waals surface area contributed by atoms with Crippen molar-refractivity contribution in [3.63, 3.8) is 0 Å². The standard InChI is InChI=1S/C7H7IN2O3/c1-13-6-3(7(11)12)2-4(8)5(9)10-6/h2H,1H3,(H2,9,10)(H,11,12). The van der Waals surface area contributed by atoms with Crippen LogP contribution in [-0.2, 0) is 0 Å². The van der Waals surface area contributed by atoms with Crippen molar-refractivity contribution >= 4 is 34.4 Å². The van der Waals surface area contributed by atoms with Crippen molar-refractivity contribution in [3.05, 3.63) is 15.2 Å². The van der Waals surface area contributed by atoms with Crippen LogP contribution in [0.1, 0.15) is 10.4 Å². The van der Waals surface area contributed by atoms with Crippen LogP contribution in [0, 0.1) is 3.57 Å². The Labute approximate surface area is 88.1 Å². The van der Waals surface area contributed by atoms with Crippen molar-refractivity contribution in [2.45, 2.75) is 0 Å². The van der Waals surface area contributed by atoms with Gasteiger partial charge in [-0.3, -0.25) is 0 Å². The van der Waals surface area contributed by atoms with Crippen molar-refractivity contribution in [1.82, 2.24) is 4.98 Å². The second-order valence-electron chi connectivity index (χ2n) is 2.22. The van der Waals surface area contributed by atoms with Crippen LogP contribution >= 0.6 is 22.6 Å². The average Bonchev–Trinajstić information content (AvgIpc) is 2.08. The number of ether oxygens (including phenoxy) is 1. The number of rotatable bonds is 2. The number of pyridine rings is 1. The van der Waals surface area contributed by atoms with Gasteiger partial charge < -0.3 is 15.6 Å². The molecule has 0 aliphatic carbocycles. The van der Waals surface area contributed by atoms with Crippen LogP contribution in [0.3, 0.4) is 0 Å². The summed E-state index contributed by atoms with van der Waals surface area (Å²) in [5, 5.41) is 8.75. The van der Waals surface area contributed by atoms with Crippen molar-refractivity contribution < 1.29 is 14.6 Å². The van der Waals surface area contributed by atoms with Gasteiger partial charge in [0.2, 0.25) is 5.88 Å². The van der Waals surface area contributed by atoms with E-state index in [9.17, 15) is 4.79 Å². The Morgan fingerprint density at radius 1 is 1.77 bits per heavy atom. The number of nitrogens with zero attached hydrogens (tertiary/aromatic N) is 1. The minimum atomic E-state index is -1.08. The first-order chi connectivity index (χ1) is 6.06. The lowest BCUT2D eigenvalue weighted by molar-refractivity contribution is 0.0692. The molecule has 1 aromatic rings. The lowest BCUT2D eigenvalue weighted by Gasteiger charge is -2.05. The smallest absolute Gasteiger partial charge is 0.341 e. The van der Waals surface area contributed by atoms with Gasteiger partial charge in [-0.2, -0.15) is 4.98 Å². The molecule has 6 heteroatoms. The number of carboxylic acid groups (broad SMARTS) is 1. The predicted octanol–water partition coefficient (Wildman–Crippen LogP) is 0.975. The lowest BCUT2D eigenvalue weighted by atomic mass is 10.3. The predicted molar refractivity (Wildman–Crippen MR) is 54.9 cm³/mol. The SMILES string of the molecule is COc1nc(N)c(I)cc1C(=O)O. The van der Waals surface area contributed by atoms with Crippen molar-refractivity contribution in [2.24, 2.45) is 0 Å². The fraction of sp³-hybridized carbons (Fsp3) is 0.143. The van der Waals surface area contributed by atoms with Gasteiger partial charge in [0.05, 0.1) is 10.7 Å². The third kappa shape index (κ3) is 2.00. The second-order valence-corrected chi connectivity index (χ2v) is 3.38. The molecule has 0 aliphatic rings. The van der Waals surface area contributed by atoms with Gasteiger partial charge in [0.15, 0.2) is 0 Å². The molecule has 1 rings (SSSR count). The van der Waals surface area contributed by atoms with Gasteiger partial charge in [0, 0.05) is 0 Å². The Balaban J connectivity index is 3.33. The van der Waals surface area contributed by atoms with Crippen molar-refractivity contribution in [3.8, 4) is 5.88 Å². The van der Waals surface area contributed by atoms with Crippen LogP contribution in [0.4, 0.5) is 5.82 Å². The average molecular weight is 294 g/mol. The number of methoxy groups -OCH3 is 1. The molecule has 0 radical (unpaired) electrons. The molecule has 0 aromatic carbocycles. The maximum Gasteiger partial charge on any atom is 0.341 e. The molecular weight excluding hydrogens is 287 g/mol. The minimum Gasteiger partial charge on any atom is -0.480 e. The highest BCUT2D eigenvalue weighted by atomic mass is 127. The van der Waals surface area contributed by atoms with E-state index in [2.05, 4.69) is 4.98 Å². The molecule has 0 fully saturated rings. The molecule has 0 spiro atoms. The van der Waals surface area contributed by atoms with Crippen LogP contribution in [0.2, 0.25) is 0 Å². The fourth-order valence-corrected chi connectivity index (χ4v) is 1.23. The van der Waals surface area contributed by atoms with E-state index in [1.54, 1.807) is 0 Å². The summed E-state index contributed by atoms with van der Waals surface area (Å²) in [6.45, 7) is 0. The van der Waals surface area contributed by atoms with E-state index in [0.717, 1.165) is 0 Å². The molecule has 0 saturated heterocycles. The minimum absolute atomic E-state index is 0.0149. The fourth-order valence-electron chi connectivity index (χ4n) is 0.794. The molecule has 0 atom stereocenters. The number of aromatic nitrogens is 1. The molecular formula is C7H7IN2O3. The first-order valence-electron chi connectivity index (χ1n) is 3.29. The van der Waals surface area contributed by atoms with Crippen molar-refractivity contribution in [2.75, 3.05) is 12.8 Å². The summed E-state index contributed by atoms with van der Waals surface area (Å²) in [6, 6.07) is 1.42. The van der Waals surface area contributed by atoms with Crippen LogP contribution in [-0.4, -0.2) is 23.2 Å². The molecule has 1 heterocycles. The Kier molecular flexibility index (Phi) is 2.91. The first kappa shape index (κ1) is 10.0. The van der Waals surface area contributed by atoms with E-state index in [1.165, 1.54) is 13.2 Å². The number of hydrogen-bond acceptors (Lipinski definition) is 4. The van der Waals surface area contributed by atoms with Gasteiger partial charge in [0.1, 0.15) is 11.4 Å². The summed E-state index contributed by atoms with van der Waals surface area (Å²) in [6.07, 6.45) is 0. The van der Waals surface area contributed by atoms with Gasteiger partial charge in [0.25, 0.3) is 0 Å². The summed E-state index contributed by atoms with van der Waals surface area (Å²) in [5.41, 5.74) is 5.49. The maximum atomic E-state index is 10.7. The number of carboxylic acids is 1. The molecule has 0 amide bonds. The Bertz CT molecular complexity index is 354. The highest BCUT2D eigenvalue weighted by Gasteiger charge is 2.14. The Morgan fingerprint density at radius 2 is 2.38 bits per heavy atom. The highest BCUT2D eigenvalue weighted by Crippen LogP contribution is 2.22. The van der Waals surface area contributed by atoms with E-state index in [4.69, 9.17) is 15.6 Å². The van der Waals surface area contributed by atoms with Crippen LogP contribution in [0.15, 0.2) is 6.07 Å². The zero-order valence-corrected chi connectivity index (χ0v) is 8.90.